The van der Waals surface area contributed by atoms with Gasteiger partial charge in [0.25, 0.3) is 0 Å². The third kappa shape index (κ3) is 5.84. The van der Waals surface area contributed by atoms with E-state index in [1.54, 1.807) is 24.8 Å². The molecular weight excluding hydrogens is 550 g/mol. The first kappa shape index (κ1) is 27.9. The molecule has 216 valence electrons. The maximum absolute atomic E-state index is 6.68. The van der Waals surface area contributed by atoms with Crippen LogP contribution in [-0.2, 0) is 12.8 Å². The van der Waals surface area contributed by atoms with Crippen molar-refractivity contribution in [2.24, 2.45) is 10.7 Å². The van der Waals surface area contributed by atoms with Crippen LogP contribution in [0.25, 0.3) is 44.9 Å². The van der Waals surface area contributed by atoms with Crippen molar-refractivity contribution in [3.8, 4) is 33.5 Å². The molecule has 3 heterocycles. The monoisotopic (exact) mass is 581 g/mol. The Balaban J connectivity index is 1.25. The topological polar surface area (TPSA) is 77.0 Å². The van der Waals surface area contributed by atoms with Crippen molar-refractivity contribution in [2.45, 2.75) is 12.8 Å². The lowest BCUT2D eigenvalue weighted by molar-refractivity contribution is 0.899. The van der Waals surface area contributed by atoms with Gasteiger partial charge in [-0.05, 0) is 77.1 Å². The molecule has 0 saturated carbocycles. The summed E-state index contributed by atoms with van der Waals surface area (Å²) in [5, 5.41) is 0. The smallest absolute Gasteiger partial charge is 0.0745 e. The third-order valence-corrected chi connectivity index (χ3v) is 8.11. The van der Waals surface area contributed by atoms with Crippen LogP contribution in [-0.4, -0.2) is 20.7 Å². The predicted molar refractivity (Wildman–Crippen MR) is 184 cm³/mol. The van der Waals surface area contributed by atoms with Gasteiger partial charge in [0.15, 0.2) is 0 Å². The van der Waals surface area contributed by atoms with E-state index in [4.69, 9.17) is 15.7 Å². The minimum absolute atomic E-state index is 0.586. The van der Waals surface area contributed by atoms with Gasteiger partial charge in [0.05, 0.1) is 17.1 Å². The number of nitrogens with two attached hydrogens (primary N) is 1. The molecule has 0 unspecified atom stereocenters. The summed E-state index contributed by atoms with van der Waals surface area (Å²) in [6, 6.07) is 37.4. The van der Waals surface area contributed by atoms with E-state index in [-0.39, 0.29) is 0 Å². The molecule has 1 aliphatic carbocycles. The molecule has 6 aromatic rings. The molecule has 0 amide bonds. The molecule has 0 atom stereocenters. The van der Waals surface area contributed by atoms with Crippen LogP contribution in [0.15, 0.2) is 152 Å². The fourth-order valence-corrected chi connectivity index (χ4v) is 5.81. The molecule has 1 aliphatic rings. The van der Waals surface area contributed by atoms with Gasteiger partial charge in [-0.2, -0.15) is 0 Å². The number of hydrogen-bond acceptors (Lipinski definition) is 5. The third-order valence-electron chi connectivity index (χ3n) is 8.11. The Hall–Kier alpha value is -5.94. The van der Waals surface area contributed by atoms with Crippen molar-refractivity contribution < 1.29 is 0 Å². The molecule has 45 heavy (non-hydrogen) atoms. The van der Waals surface area contributed by atoms with Crippen LogP contribution in [0.2, 0.25) is 0 Å². The summed E-state index contributed by atoms with van der Waals surface area (Å²) in [7, 11) is 0. The van der Waals surface area contributed by atoms with Crippen LogP contribution in [0.4, 0.5) is 0 Å². The van der Waals surface area contributed by atoms with Crippen molar-refractivity contribution in [2.75, 3.05) is 0 Å². The summed E-state index contributed by atoms with van der Waals surface area (Å²) in [5.74, 6) is 0. The first-order chi connectivity index (χ1) is 22.1. The zero-order valence-corrected chi connectivity index (χ0v) is 24.8. The van der Waals surface area contributed by atoms with Crippen LogP contribution in [0.5, 0.6) is 0 Å². The van der Waals surface area contributed by atoms with E-state index in [1.807, 2.05) is 42.5 Å². The zero-order valence-electron chi connectivity index (χ0n) is 24.8. The molecule has 5 nitrogen and oxygen atoms in total. The Labute approximate surface area is 263 Å². The van der Waals surface area contributed by atoms with Gasteiger partial charge in [-0.3, -0.25) is 15.0 Å². The number of aliphatic imine (C=N–C) groups is 1. The first-order valence-corrected chi connectivity index (χ1v) is 15.0. The molecule has 0 saturated heterocycles. The molecule has 0 spiro atoms. The Morgan fingerprint density at radius 2 is 1.40 bits per heavy atom. The fraction of sp³-hybridized carbons (Fsp3) is 0.0500. The molecule has 3 aromatic heterocycles. The fourth-order valence-electron chi connectivity index (χ4n) is 5.81. The molecule has 2 N–H and O–H groups in total. The minimum Gasteiger partial charge on any atom is -0.398 e. The molecule has 5 heteroatoms. The van der Waals surface area contributed by atoms with Gasteiger partial charge in [-0.15, -0.1) is 0 Å². The number of allylic oxidation sites excluding steroid dienone is 1. The summed E-state index contributed by atoms with van der Waals surface area (Å²) >= 11 is 0. The van der Waals surface area contributed by atoms with Crippen LogP contribution in [0.1, 0.15) is 27.9 Å². The van der Waals surface area contributed by atoms with Crippen molar-refractivity contribution in [1.29, 1.82) is 0 Å². The second-order valence-corrected chi connectivity index (χ2v) is 11.0. The molecule has 0 bridgehead atoms. The van der Waals surface area contributed by atoms with E-state index in [9.17, 15) is 0 Å². The number of fused-ring (bicyclic) bond motifs is 3. The van der Waals surface area contributed by atoms with E-state index in [2.05, 4.69) is 89.3 Å². The predicted octanol–water partition coefficient (Wildman–Crippen LogP) is 8.43. The maximum atomic E-state index is 6.68. The molecule has 7 rings (SSSR count). The molecule has 0 radical (unpaired) electrons. The van der Waals surface area contributed by atoms with Gasteiger partial charge in [-0.25, -0.2) is 4.99 Å². The molecule has 0 aliphatic heterocycles. The number of aromatic nitrogens is 3. The largest absolute Gasteiger partial charge is 0.398 e. The quantitative estimate of drug-likeness (QED) is 0.192. The SMILES string of the molecule is C=C(N=C(/C=C(\N)c1ccc(-c2cc(-c3ccccc3)c3c(n2)CCc2ccccc2-3)cc1)c1cccnc1)c1cccnc1. The lowest BCUT2D eigenvalue weighted by atomic mass is 9.83. The zero-order chi connectivity index (χ0) is 30.6. The van der Waals surface area contributed by atoms with Gasteiger partial charge in [-0.1, -0.05) is 85.4 Å². The summed E-state index contributed by atoms with van der Waals surface area (Å²) in [5.41, 5.74) is 20.5. The highest BCUT2D eigenvalue weighted by atomic mass is 14.8. The van der Waals surface area contributed by atoms with Crippen LogP contribution in [0.3, 0.4) is 0 Å². The van der Waals surface area contributed by atoms with Crippen molar-refractivity contribution in [3.05, 3.63) is 175 Å². The normalized spacial score (nSPS) is 12.7. The van der Waals surface area contributed by atoms with Crippen molar-refractivity contribution >= 4 is 17.1 Å². The highest BCUT2D eigenvalue weighted by Crippen LogP contribution is 2.41. The summed E-state index contributed by atoms with van der Waals surface area (Å²) < 4.78 is 0. The number of hydrogen-bond donors (Lipinski definition) is 1. The number of rotatable bonds is 7. The van der Waals surface area contributed by atoms with E-state index >= 15 is 0 Å². The van der Waals surface area contributed by atoms with Gasteiger partial charge >= 0.3 is 0 Å². The van der Waals surface area contributed by atoms with E-state index in [1.165, 1.54) is 27.8 Å². The number of benzene rings is 3. The number of aryl methyl sites for hydroxylation is 2. The Morgan fingerprint density at radius 1 is 0.689 bits per heavy atom. The van der Waals surface area contributed by atoms with Crippen molar-refractivity contribution in [1.82, 2.24) is 15.0 Å². The standard InChI is InChI=1S/C40H31N5/c1-27(32-12-7-21-42-25-32)44-39(33-13-8-22-43-26-33)24-36(41)30-15-17-31(18-16-30)38-23-35(28-9-3-2-4-10-28)40-34-14-6-5-11-29(34)19-20-37(40)45-38/h2-18,21-26H,1,19-20,41H2/b36-24-,44-39?. The highest BCUT2D eigenvalue weighted by Gasteiger charge is 2.22. The van der Waals surface area contributed by atoms with Gasteiger partial charge < -0.3 is 5.73 Å². The van der Waals surface area contributed by atoms with Gasteiger partial charge in [0, 0.05) is 58.4 Å². The minimum atomic E-state index is 0.586. The summed E-state index contributed by atoms with van der Waals surface area (Å²) in [6.07, 6.45) is 10.7. The van der Waals surface area contributed by atoms with E-state index in [0.717, 1.165) is 46.5 Å². The molecular formula is C40H31N5. The highest BCUT2D eigenvalue weighted by molar-refractivity contribution is 6.13. The van der Waals surface area contributed by atoms with E-state index in [0.29, 0.717) is 17.1 Å². The Bertz CT molecular complexity index is 2050. The Morgan fingerprint density at radius 3 is 2.13 bits per heavy atom. The number of nitrogens with zero attached hydrogens (tertiary/aromatic N) is 4. The second-order valence-electron chi connectivity index (χ2n) is 11.0. The first-order valence-electron chi connectivity index (χ1n) is 15.0. The summed E-state index contributed by atoms with van der Waals surface area (Å²) in [4.78, 5) is 18.5. The Kier molecular flexibility index (Phi) is 7.65. The average molecular weight is 582 g/mol. The van der Waals surface area contributed by atoms with Crippen molar-refractivity contribution in [3.63, 3.8) is 0 Å². The van der Waals surface area contributed by atoms with Gasteiger partial charge in [0.1, 0.15) is 0 Å². The van der Waals surface area contributed by atoms with E-state index < -0.39 is 0 Å². The van der Waals surface area contributed by atoms with Crippen LogP contribution < -0.4 is 5.73 Å². The second kappa shape index (κ2) is 12.3. The van der Waals surface area contributed by atoms with Crippen LogP contribution >= 0.6 is 0 Å². The summed E-state index contributed by atoms with van der Waals surface area (Å²) in [6.45, 7) is 4.16. The molecule has 0 fully saturated rings. The average Bonchev–Trinajstić information content (AvgIpc) is 3.12. The lowest BCUT2D eigenvalue weighted by Crippen LogP contribution is -2.08. The maximum Gasteiger partial charge on any atom is 0.0745 e. The van der Waals surface area contributed by atoms with Gasteiger partial charge in [0.2, 0.25) is 0 Å². The lowest BCUT2D eigenvalue weighted by Gasteiger charge is -2.23. The number of pyridine rings is 3. The molecule has 3 aromatic carbocycles. The van der Waals surface area contributed by atoms with Crippen LogP contribution in [0, 0.1) is 0 Å².